The van der Waals surface area contributed by atoms with Crippen LogP contribution in [0.2, 0.25) is 0 Å². The zero-order valence-electron chi connectivity index (χ0n) is 8.47. The molecule has 0 unspecified atom stereocenters. The summed E-state index contributed by atoms with van der Waals surface area (Å²) in [6.45, 7) is 4.70. The van der Waals surface area contributed by atoms with Gasteiger partial charge in [-0.05, 0) is 45.3 Å². The minimum atomic E-state index is 0.766. The maximum atomic E-state index is 5.02. The van der Waals surface area contributed by atoms with Gasteiger partial charge in [-0.25, -0.2) is 0 Å². The minimum absolute atomic E-state index is 0.766. The number of ether oxygens (including phenoxy) is 1. The Morgan fingerprint density at radius 3 is 2.62 bits per heavy atom. The zero-order valence-corrected chi connectivity index (χ0v) is 10.1. The molecular formula is C10H20BrNO. The van der Waals surface area contributed by atoms with E-state index >= 15 is 0 Å². The van der Waals surface area contributed by atoms with E-state index < -0.39 is 0 Å². The summed E-state index contributed by atoms with van der Waals surface area (Å²) in [5.74, 6) is 0. The Morgan fingerprint density at radius 2 is 2.00 bits per heavy atom. The van der Waals surface area contributed by atoms with Gasteiger partial charge in [-0.15, -0.1) is 0 Å². The normalized spacial score (nSPS) is 20.8. The Hall–Kier alpha value is 0.400. The van der Waals surface area contributed by atoms with Crippen LogP contribution in [0, 0.1) is 0 Å². The number of halogens is 1. The molecule has 0 amide bonds. The van der Waals surface area contributed by atoms with Gasteiger partial charge in [0.25, 0.3) is 0 Å². The first-order chi connectivity index (χ1) is 6.33. The zero-order chi connectivity index (χ0) is 9.52. The first-order valence-corrected chi connectivity index (χ1v) is 6.10. The molecule has 0 spiro atoms. The van der Waals surface area contributed by atoms with Crippen LogP contribution in [0.5, 0.6) is 0 Å². The fraction of sp³-hybridized carbons (Fsp3) is 1.00. The lowest BCUT2D eigenvalue weighted by atomic mass is 10.1. The largest absolute Gasteiger partial charge is 0.385 e. The quantitative estimate of drug-likeness (QED) is 0.548. The summed E-state index contributed by atoms with van der Waals surface area (Å²) >= 11 is 3.66. The monoisotopic (exact) mass is 249 g/mol. The van der Waals surface area contributed by atoms with Crippen molar-refractivity contribution in [2.75, 3.05) is 33.4 Å². The van der Waals surface area contributed by atoms with Gasteiger partial charge in [0.15, 0.2) is 0 Å². The minimum Gasteiger partial charge on any atom is -0.385 e. The lowest BCUT2D eigenvalue weighted by Gasteiger charge is -2.29. The average molecular weight is 250 g/mol. The van der Waals surface area contributed by atoms with Crippen molar-refractivity contribution in [2.45, 2.75) is 30.5 Å². The van der Waals surface area contributed by atoms with Gasteiger partial charge in [-0.1, -0.05) is 15.9 Å². The van der Waals surface area contributed by atoms with Gasteiger partial charge in [0.2, 0.25) is 0 Å². The van der Waals surface area contributed by atoms with Crippen molar-refractivity contribution in [2.24, 2.45) is 0 Å². The lowest BCUT2D eigenvalue weighted by Crippen LogP contribution is -2.34. The molecule has 0 atom stereocenters. The van der Waals surface area contributed by atoms with Crippen LogP contribution in [0.4, 0.5) is 0 Å². The van der Waals surface area contributed by atoms with E-state index in [2.05, 4.69) is 20.8 Å². The molecular weight excluding hydrogens is 230 g/mol. The molecule has 1 rings (SSSR count). The van der Waals surface area contributed by atoms with Crippen molar-refractivity contribution < 1.29 is 4.74 Å². The van der Waals surface area contributed by atoms with Crippen LogP contribution in [0.1, 0.15) is 25.7 Å². The van der Waals surface area contributed by atoms with Crippen LogP contribution in [0.3, 0.4) is 0 Å². The third-order valence-corrected chi connectivity index (χ3v) is 3.51. The second-order valence-electron chi connectivity index (χ2n) is 3.72. The summed E-state index contributed by atoms with van der Waals surface area (Å²) in [6, 6.07) is 0. The number of likely N-dealkylation sites (tertiary alicyclic amines) is 1. The number of hydrogen-bond acceptors (Lipinski definition) is 2. The summed E-state index contributed by atoms with van der Waals surface area (Å²) in [6.07, 6.45) is 5.10. The van der Waals surface area contributed by atoms with Gasteiger partial charge in [0.05, 0.1) is 0 Å². The second kappa shape index (κ2) is 6.80. The number of nitrogens with zero attached hydrogens (tertiary/aromatic N) is 1. The van der Waals surface area contributed by atoms with Crippen molar-refractivity contribution in [3.63, 3.8) is 0 Å². The molecule has 1 fully saturated rings. The van der Waals surface area contributed by atoms with Gasteiger partial charge in [0, 0.05) is 18.5 Å². The van der Waals surface area contributed by atoms with E-state index in [0.29, 0.717) is 0 Å². The van der Waals surface area contributed by atoms with Crippen LogP contribution < -0.4 is 0 Å². The van der Waals surface area contributed by atoms with Crippen molar-refractivity contribution in [3.05, 3.63) is 0 Å². The molecule has 0 saturated carbocycles. The summed E-state index contributed by atoms with van der Waals surface area (Å²) in [5.41, 5.74) is 0. The molecule has 1 heterocycles. The smallest absolute Gasteiger partial charge is 0.0462 e. The standard InChI is InChI=1S/C10H20BrNO/c1-13-9-3-2-6-12-7-4-10(11)5-8-12/h10H,2-9H2,1H3. The van der Waals surface area contributed by atoms with Gasteiger partial charge < -0.3 is 9.64 Å². The molecule has 0 radical (unpaired) electrons. The third-order valence-electron chi connectivity index (χ3n) is 2.59. The van der Waals surface area contributed by atoms with Crippen molar-refractivity contribution in [1.82, 2.24) is 4.90 Å². The van der Waals surface area contributed by atoms with Crippen LogP contribution in [-0.4, -0.2) is 43.1 Å². The molecule has 1 saturated heterocycles. The van der Waals surface area contributed by atoms with Crippen molar-refractivity contribution >= 4 is 15.9 Å². The van der Waals surface area contributed by atoms with Gasteiger partial charge >= 0.3 is 0 Å². The first-order valence-electron chi connectivity index (χ1n) is 5.18. The molecule has 1 aliphatic heterocycles. The highest BCUT2D eigenvalue weighted by Gasteiger charge is 2.15. The SMILES string of the molecule is COCCCCN1CCC(Br)CC1. The third kappa shape index (κ3) is 4.99. The second-order valence-corrected chi connectivity index (χ2v) is 5.01. The molecule has 0 aromatic carbocycles. The lowest BCUT2D eigenvalue weighted by molar-refractivity contribution is 0.178. The highest BCUT2D eigenvalue weighted by atomic mass is 79.9. The number of hydrogen-bond donors (Lipinski definition) is 0. The Kier molecular flexibility index (Phi) is 6.00. The number of unbranched alkanes of at least 4 members (excludes halogenated alkanes) is 1. The van der Waals surface area contributed by atoms with Crippen LogP contribution in [0.25, 0.3) is 0 Å². The molecule has 13 heavy (non-hydrogen) atoms. The van der Waals surface area contributed by atoms with E-state index in [4.69, 9.17) is 4.74 Å². The highest BCUT2D eigenvalue weighted by molar-refractivity contribution is 9.09. The number of rotatable bonds is 5. The molecule has 0 aromatic rings. The predicted octanol–water partition coefficient (Wildman–Crippen LogP) is 2.27. The van der Waals surface area contributed by atoms with Crippen LogP contribution in [-0.2, 0) is 4.74 Å². The van der Waals surface area contributed by atoms with E-state index in [-0.39, 0.29) is 0 Å². The number of alkyl halides is 1. The molecule has 78 valence electrons. The van der Waals surface area contributed by atoms with Gasteiger partial charge in [-0.2, -0.15) is 0 Å². The number of methoxy groups -OCH3 is 1. The Morgan fingerprint density at radius 1 is 1.31 bits per heavy atom. The van der Waals surface area contributed by atoms with E-state index in [1.54, 1.807) is 7.11 Å². The fourth-order valence-corrected chi connectivity index (χ4v) is 2.12. The predicted molar refractivity (Wildman–Crippen MR) is 59.5 cm³/mol. The van der Waals surface area contributed by atoms with Crippen LogP contribution >= 0.6 is 15.9 Å². The Bertz CT molecular complexity index is 124. The maximum Gasteiger partial charge on any atom is 0.0462 e. The number of piperidine rings is 1. The van der Waals surface area contributed by atoms with E-state index in [1.807, 2.05) is 0 Å². The summed E-state index contributed by atoms with van der Waals surface area (Å²) in [7, 11) is 1.77. The van der Waals surface area contributed by atoms with Crippen LogP contribution in [0.15, 0.2) is 0 Å². The van der Waals surface area contributed by atoms with E-state index in [9.17, 15) is 0 Å². The van der Waals surface area contributed by atoms with Crippen molar-refractivity contribution in [3.8, 4) is 0 Å². The van der Waals surface area contributed by atoms with Gasteiger partial charge in [-0.3, -0.25) is 0 Å². The fourth-order valence-electron chi connectivity index (χ4n) is 1.71. The maximum absolute atomic E-state index is 5.02. The molecule has 3 heteroatoms. The summed E-state index contributed by atoms with van der Waals surface area (Å²) in [4.78, 5) is 3.33. The summed E-state index contributed by atoms with van der Waals surface area (Å²) in [5, 5.41) is 0. The molecule has 0 bridgehead atoms. The first kappa shape index (κ1) is 11.5. The Balaban J connectivity index is 1.96. The summed E-state index contributed by atoms with van der Waals surface area (Å²) < 4.78 is 5.02. The molecule has 0 aromatic heterocycles. The van der Waals surface area contributed by atoms with E-state index in [0.717, 1.165) is 11.4 Å². The highest BCUT2D eigenvalue weighted by Crippen LogP contribution is 2.17. The topological polar surface area (TPSA) is 12.5 Å². The van der Waals surface area contributed by atoms with Crippen molar-refractivity contribution in [1.29, 1.82) is 0 Å². The van der Waals surface area contributed by atoms with E-state index in [1.165, 1.54) is 45.3 Å². The van der Waals surface area contributed by atoms with Gasteiger partial charge in [0.1, 0.15) is 0 Å². The Labute approximate surface area is 89.8 Å². The molecule has 0 aliphatic carbocycles. The molecule has 1 aliphatic rings. The average Bonchev–Trinajstić information content (AvgIpc) is 2.15. The molecule has 2 nitrogen and oxygen atoms in total. The molecule has 0 N–H and O–H groups in total.